The van der Waals surface area contributed by atoms with Gasteiger partial charge in [-0.05, 0) is 12.8 Å². The zero-order valence-electron chi connectivity index (χ0n) is 39.2. The Morgan fingerprint density at radius 3 is 1.48 bits per heavy atom. The van der Waals surface area contributed by atoms with Crippen molar-refractivity contribution < 1.29 is 67.2 Å². The Morgan fingerprint density at radius 2 is 1.03 bits per heavy atom. The molecule has 0 saturated carbocycles. The first-order valence-corrected chi connectivity index (χ1v) is 25.8. The van der Waals surface area contributed by atoms with Gasteiger partial charge in [0, 0.05) is 12.8 Å². The number of aliphatic hydroxyl groups excluding tert-OH is 3. The molecular formula is C46H91NO13P+. The molecule has 7 atom stereocenters. The lowest BCUT2D eigenvalue weighted by Crippen LogP contribution is -2.59. The molecule has 0 aromatic carbocycles. The first-order chi connectivity index (χ1) is 29.2. The molecule has 1 aliphatic heterocycles. The Hall–Kier alpha value is -1.03. The third kappa shape index (κ3) is 32.3. The SMILES string of the molecule is CCCCCCCCCCCCCCCC(=O)OC[C@H](CO[C@H]1O[C@H](CO[P+]([O-])(O)OCC[N+](C)(C)C)[C@H](O)[C@H](O)[C@H]1O)OC(=O)CCCCCCCCCCCCCCC. The van der Waals surface area contributed by atoms with Crippen molar-refractivity contribution in [1.29, 1.82) is 0 Å². The third-order valence-corrected chi connectivity index (χ3v) is 12.2. The number of phosphoric ester groups is 1. The number of esters is 2. The quantitative estimate of drug-likeness (QED) is 0.0200. The van der Waals surface area contributed by atoms with Crippen LogP contribution in [0.3, 0.4) is 0 Å². The summed E-state index contributed by atoms with van der Waals surface area (Å²) in [7, 11) is 1.14. The Morgan fingerprint density at radius 1 is 0.607 bits per heavy atom. The zero-order chi connectivity index (χ0) is 45.2. The van der Waals surface area contributed by atoms with E-state index in [0.717, 1.165) is 38.5 Å². The number of nitrogens with zero attached hydrogens (tertiary/aromatic N) is 1. The van der Waals surface area contributed by atoms with Crippen LogP contribution in [0.25, 0.3) is 0 Å². The van der Waals surface area contributed by atoms with Gasteiger partial charge in [-0.25, -0.2) is 0 Å². The van der Waals surface area contributed by atoms with E-state index in [2.05, 4.69) is 13.8 Å². The normalized spacial score (nSPS) is 21.0. The van der Waals surface area contributed by atoms with Gasteiger partial charge in [-0.15, -0.1) is 0 Å². The lowest BCUT2D eigenvalue weighted by Gasteiger charge is -2.40. The van der Waals surface area contributed by atoms with E-state index in [1.165, 1.54) is 116 Å². The van der Waals surface area contributed by atoms with Crippen LogP contribution in [0.5, 0.6) is 0 Å². The van der Waals surface area contributed by atoms with Crippen LogP contribution in [-0.2, 0) is 37.6 Å². The average molecular weight is 897 g/mol. The van der Waals surface area contributed by atoms with E-state index in [0.29, 0.717) is 23.9 Å². The van der Waals surface area contributed by atoms with Gasteiger partial charge in [0.05, 0.1) is 27.7 Å². The standard InChI is InChI=1S/C46H90NO13P/c1-6-8-10-12-14-16-18-20-22-24-26-28-30-32-41(48)55-36-39(59-42(49)33-31-29-27-25-23-21-19-17-15-13-11-9-7-2)37-56-46-45(52)44(51)43(50)40(60-46)38-58-61(53,54)57-35-34-47(3,4)5/h39-40,43-46,50-52H,6-38H2,1-5H3/p+1/t39-,40-,43+,44+,45-,46+/m1/s1. The van der Waals surface area contributed by atoms with Gasteiger partial charge < -0.3 is 43.6 Å². The van der Waals surface area contributed by atoms with Crippen molar-refractivity contribution >= 4 is 20.1 Å². The number of hydrogen-bond acceptors (Lipinski definition) is 13. The number of quaternary nitrogens is 1. The highest BCUT2D eigenvalue weighted by Crippen LogP contribution is 2.48. The molecule has 15 heteroatoms. The van der Waals surface area contributed by atoms with E-state index in [1.54, 1.807) is 0 Å². The van der Waals surface area contributed by atoms with Gasteiger partial charge in [0.15, 0.2) is 12.4 Å². The van der Waals surface area contributed by atoms with Gasteiger partial charge in [-0.1, -0.05) is 168 Å². The smallest absolute Gasteiger partial charge is 0.377 e. The molecule has 0 aliphatic carbocycles. The van der Waals surface area contributed by atoms with Gasteiger partial charge in [0.25, 0.3) is 0 Å². The molecular weight excluding hydrogens is 805 g/mol. The predicted molar refractivity (Wildman–Crippen MR) is 238 cm³/mol. The second kappa shape index (κ2) is 36.2. The van der Waals surface area contributed by atoms with E-state index >= 15 is 0 Å². The summed E-state index contributed by atoms with van der Waals surface area (Å²) in [6.07, 6.45) is 22.2. The van der Waals surface area contributed by atoms with Crippen molar-refractivity contribution in [3.8, 4) is 0 Å². The Bertz CT molecular complexity index is 1070. The number of unbranched alkanes of at least 4 members (excludes halogenated alkanes) is 24. The summed E-state index contributed by atoms with van der Waals surface area (Å²) in [5.41, 5.74) is 0. The van der Waals surface area contributed by atoms with Gasteiger partial charge in [-0.2, -0.15) is 13.9 Å². The minimum absolute atomic E-state index is 0.0676. The third-order valence-electron chi connectivity index (χ3n) is 11.2. The topological polar surface area (TPSA) is 194 Å². The number of carbonyl (C=O) groups is 2. The maximum absolute atomic E-state index is 12.9. The maximum atomic E-state index is 12.9. The van der Waals surface area contributed by atoms with Gasteiger partial charge in [-0.3, -0.25) is 9.59 Å². The molecule has 0 radical (unpaired) electrons. The Labute approximate surface area is 371 Å². The summed E-state index contributed by atoms with van der Waals surface area (Å²) in [6, 6.07) is 0. The first kappa shape index (κ1) is 58.0. The number of likely N-dealkylation sites (N-methyl/N-ethyl adjacent to an activating group) is 1. The Kier molecular flexibility index (Phi) is 34.4. The molecule has 1 rings (SSSR count). The fraction of sp³-hybridized carbons (Fsp3) is 0.957. The molecule has 1 aliphatic rings. The first-order valence-electron chi connectivity index (χ1n) is 24.3. The zero-order valence-corrected chi connectivity index (χ0v) is 40.1. The van der Waals surface area contributed by atoms with E-state index < -0.39 is 63.5 Å². The minimum Gasteiger partial charge on any atom is -0.606 e. The molecule has 0 bridgehead atoms. The van der Waals surface area contributed by atoms with Crippen LogP contribution in [0.1, 0.15) is 194 Å². The molecule has 1 fully saturated rings. The number of hydrogen-bond donors (Lipinski definition) is 4. The van der Waals surface area contributed by atoms with Crippen LogP contribution in [-0.4, -0.2) is 128 Å². The number of phosphoric acid groups is 1. The highest BCUT2D eigenvalue weighted by Gasteiger charge is 2.46. The van der Waals surface area contributed by atoms with Crippen LogP contribution in [0.2, 0.25) is 0 Å². The number of rotatable bonds is 41. The van der Waals surface area contributed by atoms with Crippen molar-refractivity contribution in [2.24, 2.45) is 0 Å². The monoisotopic (exact) mass is 897 g/mol. The van der Waals surface area contributed by atoms with Gasteiger partial charge >= 0.3 is 20.1 Å². The molecule has 1 unspecified atom stereocenters. The molecule has 0 amide bonds. The van der Waals surface area contributed by atoms with Crippen LogP contribution >= 0.6 is 8.17 Å². The van der Waals surface area contributed by atoms with E-state index in [4.69, 9.17) is 28.0 Å². The summed E-state index contributed by atoms with van der Waals surface area (Å²) in [6.45, 7) is 3.54. The van der Waals surface area contributed by atoms with Crippen LogP contribution in [0.4, 0.5) is 0 Å². The summed E-state index contributed by atoms with van der Waals surface area (Å²) in [5, 5.41) is 31.8. The lowest BCUT2D eigenvalue weighted by atomic mass is 9.99. The minimum atomic E-state index is -4.53. The number of carbonyl (C=O) groups excluding carboxylic acids is 2. The van der Waals surface area contributed by atoms with Crippen LogP contribution in [0.15, 0.2) is 0 Å². The largest absolute Gasteiger partial charge is 0.606 e. The molecule has 4 N–H and O–H groups in total. The second-order valence-corrected chi connectivity index (χ2v) is 19.7. The van der Waals surface area contributed by atoms with Crippen molar-refractivity contribution in [3.05, 3.63) is 0 Å². The fourth-order valence-electron chi connectivity index (χ4n) is 7.22. The average Bonchev–Trinajstić information content (AvgIpc) is 3.21. The second-order valence-electron chi connectivity index (χ2n) is 18.2. The van der Waals surface area contributed by atoms with Crippen molar-refractivity contribution in [2.75, 3.05) is 54.1 Å². The highest BCUT2D eigenvalue weighted by molar-refractivity contribution is 7.52. The molecule has 1 saturated heterocycles. The summed E-state index contributed by atoms with van der Waals surface area (Å²) in [4.78, 5) is 48.2. The van der Waals surface area contributed by atoms with Crippen molar-refractivity contribution in [2.45, 2.75) is 230 Å². The molecule has 1 heterocycles. The van der Waals surface area contributed by atoms with E-state index in [-0.39, 0.29) is 32.7 Å². The van der Waals surface area contributed by atoms with Crippen molar-refractivity contribution in [3.63, 3.8) is 0 Å². The molecule has 14 nitrogen and oxygen atoms in total. The lowest BCUT2D eigenvalue weighted by molar-refractivity contribution is -0.870. The maximum Gasteiger partial charge on any atom is 0.377 e. The van der Waals surface area contributed by atoms with E-state index in [9.17, 15) is 34.7 Å². The van der Waals surface area contributed by atoms with Crippen LogP contribution < -0.4 is 4.89 Å². The summed E-state index contributed by atoms with van der Waals surface area (Å²) >= 11 is 0. The number of ether oxygens (including phenoxy) is 4. The molecule has 0 spiro atoms. The molecule has 0 aromatic rings. The number of aliphatic hydroxyl groups is 3. The van der Waals surface area contributed by atoms with Gasteiger partial charge in [0.2, 0.25) is 0 Å². The summed E-state index contributed by atoms with van der Waals surface area (Å²) in [5.74, 6) is -0.887. The predicted octanol–water partition coefficient (Wildman–Crippen LogP) is 8.00. The highest BCUT2D eigenvalue weighted by atomic mass is 31.2. The van der Waals surface area contributed by atoms with Crippen molar-refractivity contribution in [1.82, 2.24) is 0 Å². The summed E-state index contributed by atoms with van der Waals surface area (Å²) < 4.78 is 33.1. The molecule has 0 aromatic heterocycles. The molecule has 61 heavy (non-hydrogen) atoms. The van der Waals surface area contributed by atoms with Crippen LogP contribution in [0, 0.1) is 0 Å². The van der Waals surface area contributed by atoms with Gasteiger partial charge in [0.1, 0.15) is 50.8 Å². The fourth-order valence-corrected chi connectivity index (χ4v) is 7.94. The van der Waals surface area contributed by atoms with E-state index in [1.807, 2.05) is 21.1 Å². The molecule has 362 valence electrons. The Balaban J connectivity index is 2.60.